The smallest absolute Gasteiger partial charge is 0.381 e. The fourth-order valence-electron chi connectivity index (χ4n) is 14.2. The number of hydrogen-bond donors (Lipinski definition) is 3. The number of hydrogen-bond acceptors (Lipinski definition) is 3. The molecule has 0 aliphatic heterocycles. The molecule has 0 aromatic heterocycles. The minimum atomic E-state index is -1.44. The van der Waals surface area contributed by atoms with Crippen molar-refractivity contribution in [3.8, 4) is 35.5 Å². The van der Waals surface area contributed by atoms with Crippen LogP contribution in [-0.2, 0) is 14.4 Å². The predicted octanol–water partition coefficient (Wildman–Crippen LogP) is 24.1. The molecule has 1 unspecified atom stereocenters. The highest BCUT2D eigenvalue weighted by molar-refractivity contribution is 5.89. The molecule has 82 heavy (non-hydrogen) atoms. The molecule has 0 heterocycles. The number of carboxylic acids is 3. The van der Waals surface area contributed by atoms with Gasteiger partial charge in [0.2, 0.25) is 0 Å². The molecule has 1 aliphatic carbocycles. The quantitative estimate of drug-likeness (QED) is 0.0413. The van der Waals surface area contributed by atoms with Gasteiger partial charge in [0, 0.05) is 17.8 Å². The fourth-order valence-corrected chi connectivity index (χ4v) is 14.2. The summed E-state index contributed by atoms with van der Waals surface area (Å²) in [6, 6.07) is 0. The van der Waals surface area contributed by atoms with E-state index in [1.54, 1.807) is 0 Å². The lowest BCUT2D eigenvalue weighted by Gasteiger charge is -2.56. The van der Waals surface area contributed by atoms with Crippen molar-refractivity contribution in [3.05, 3.63) is 0 Å². The predicted molar refractivity (Wildman–Crippen MR) is 352 cm³/mol. The van der Waals surface area contributed by atoms with Crippen molar-refractivity contribution in [2.24, 2.45) is 16.2 Å². The van der Waals surface area contributed by atoms with Crippen molar-refractivity contribution in [2.75, 3.05) is 0 Å². The highest BCUT2D eigenvalue weighted by atomic mass is 16.4. The van der Waals surface area contributed by atoms with Gasteiger partial charge in [-0.2, -0.15) is 0 Å². The first-order valence-electron chi connectivity index (χ1n) is 36.4. The van der Waals surface area contributed by atoms with E-state index in [1.165, 1.54) is 250 Å². The van der Waals surface area contributed by atoms with E-state index in [-0.39, 0.29) is 0 Å². The topological polar surface area (TPSA) is 112 Å². The van der Waals surface area contributed by atoms with E-state index in [0.717, 1.165) is 122 Å². The molecule has 474 valence electrons. The van der Waals surface area contributed by atoms with E-state index >= 15 is 0 Å². The second-order valence-electron chi connectivity index (χ2n) is 26.2. The molecule has 0 radical (unpaired) electrons. The number of carbonyl (C=O) groups is 3. The van der Waals surface area contributed by atoms with Crippen LogP contribution in [-0.4, -0.2) is 33.2 Å². The number of carboxylic acid groups (broad SMARTS) is 3. The summed E-state index contributed by atoms with van der Waals surface area (Å²) in [7, 11) is 0. The molecule has 6 heteroatoms. The summed E-state index contributed by atoms with van der Waals surface area (Å²) >= 11 is 0. The van der Waals surface area contributed by atoms with Gasteiger partial charge in [0.05, 0.1) is 5.41 Å². The number of rotatable bonds is 51. The maximum atomic E-state index is 13.0. The Kier molecular flexibility index (Phi) is 52.6. The summed E-state index contributed by atoms with van der Waals surface area (Å²) in [6.45, 7) is 6.85. The first kappa shape index (κ1) is 77.1. The summed E-state index contributed by atoms with van der Waals surface area (Å²) in [4.78, 5) is 38.4. The summed E-state index contributed by atoms with van der Waals surface area (Å²) in [5, 5.41) is 31.4. The molecule has 1 atom stereocenters. The maximum absolute atomic E-state index is 13.0. The third kappa shape index (κ3) is 40.4. The van der Waals surface area contributed by atoms with E-state index < -0.39 is 34.2 Å². The van der Waals surface area contributed by atoms with Crippen LogP contribution >= 0.6 is 0 Å². The normalized spacial score (nSPS) is 16.3. The van der Waals surface area contributed by atoms with Gasteiger partial charge in [-0.05, 0) is 37.5 Å². The number of aliphatic carboxylic acids is 3. The molecular weight excluding hydrogens is 1010 g/mol. The second-order valence-corrected chi connectivity index (χ2v) is 26.2. The van der Waals surface area contributed by atoms with Crippen LogP contribution in [0.2, 0.25) is 0 Å². The Bertz CT molecular complexity index is 1630. The first-order valence-corrected chi connectivity index (χ1v) is 36.4. The molecule has 0 spiro atoms. The van der Waals surface area contributed by atoms with Crippen LogP contribution in [0.15, 0.2) is 0 Å². The lowest BCUT2D eigenvalue weighted by atomic mass is 9.44. The highest BCUT2D eigenvalue weighted by Gasteiger charge is 2.60. The van der Waals surface area contributed by atoms with E-state index in [0.29, 0.717) is 19.3 Å². The largest absolute Gasteiger partial charge is 0.472 e. The SMILES string of the molecule is CCCCCCCCCCCCCCCCCCC1(CCCCCCCCCCCCCCCCCC)CCCCCCCCCCC(C#CC(=O)O)(C#CC(=O)O)C1(C#CC(=O)O)CCCCCCCCCCCCCCCCCC. The van der Waals surface area contributed by atoms with Gasteiger partial charge in [-0.1, -0.05) is 398 Å². The lowest BCUT2D eigenvalue weighted by Crippen LogP contribution is -2.53. The Morgan fingerprint density at radius 1 is 0.268 bits per heavy atom. The molecule has 6 nitrogen and oxygen atoms in total. The third-order valence-electron chi connectivity index (χ3n) is 19.2. The van der Waals surface area contributed by atoms with Crippen LogP contribution in [0.25, 0.3) is 0 Å². The van der Waals surface area contributed by atoms with E-state index in [4.69, 9.17) is 0 Å². The fraction of sp³-hybridized carbons (Fsp3) is 0.882. The summed E-state index contributed by atoms with van der Waals surface area (Å²) in [5.74, 6) is 14.1. The van der Waals surface area contributed by atoms with Gasteiger partial charge in [0.25, 0.3) is 0 Å². The van der Waals surface area contributed by atoms with Gasteiger partial charge in [-0.25, -0.2) is 14.4 Å². The molecule has 0 amide bonds. The van der Waals surface area contributed by atoms with Gasteiger partial charge in [-0.3, -0.25) is 0 Å². The minimum Gasteiger partial charge on any atom is -0.472 e. The number of unbranched alkanes of at least 4 members (excludes halogenated alkanes) is 45. The van der Waals surface area contributed by atoms with Crippen molar-refractivity contribution >= 4 is 17.9 Å². The average molecular weight is 1140 g/mol. The van der Waals surface area contributed by atoms with Crippen molar-refractivity contribution in [3.63, 3.8) is 0 Å². The van der Waals surface area contributed by atoms with Gasteiger partial charge < -0.3 is 15.3 Å². The van der Waals surface area contributed by atoms with Crippen LogP contribution in [0.5, 0.6) is 0 Å². The summed E-state index contributed by atoms with van der Waals surface area (Å²) < 4.78 is 0. The van der Waals surface area contributed by atoms with Crippen LogP contribution < -0.4 is 0 Å². The lowest BCUT2D eigenvalue weighted by molar-refractivity contribution is -0.131. The van der Waals surface area contributed by atoms with E-state index in [1.807, 2.05) is 0 Å². The Balaban J connectivity index is 3.56. The van der Waals surface area contributed by atoms with Gasteiger partial charge in [0.1, 0.15) is 5.41 Å². The Morgan fingerprint density at radius 3 is 0.732 bits per heavy atom. The third-order valence-corrected chi connectivity index (χ3v) is 19.2. The monoisotopic (exact) mass is 1140 g/mol. The summed E-state index contributed by atoms with van der Waals surface area (Å²) in [5.41, 5.74) is -3.14. The molecule has 1 aliphatic rings. The van der Waals surface area contributed by atoms with Crippen LogP contribution in [0, 0.1) is 51.8 Å². The van der Waals surface area contributed by atoms with Crippen molar-refractivity contribution in [1.29, 1.82) is 0 Å². The molecule has 1 rings (SSSR count). The van der Waals surface area contributed by atoms with Gasteiger partial charge in [0.15, 0.2) is 0 Å². The second kappa shape index (κ2) is 55.9. The van der Waals surface area contributed by atoms with Crippen molar-refractivity contribution in [2.45, 2.75) is 412 Å². The zero-order chi connectivity index (χ0) is 59.6. The van der Waals surface area contributed by atoms with Crippen LogP contribution in [0.1, 0.15) is 412 Å². The minimum absolute atomic E-state index is 0.375. The van der Waals surface area contributed by atoms with Crippen molar-refractivity contribution in [1.82, 2.24) is 0 Å². The van der Waals surface area contributed by atoms with E-state index in [9.17, 15) is 29.7 Å². The molecule has 1 fully saturated rings. The molecule has 0 aromatic rings. The molecule has 3 N–H and O–H groups in total. The molecule has 0 aromatic carbocycles. The van der Waals surface area contributed by atoms with Crippen molar-refractivity contribution < 1.29 is 29.7 Å². The van der Waals surface area contributed by atoms with Gasteiger partial charge >= 0.3 is 17.9 Å². The average Bonchev–Trinajstić information content (AvgIpc) is 1.41. The standard InChI is InChI=1S/C76H134O6/c1-4-7-10-13-16-19-22-25-28-31-34-37-40-45-50-55-63-74(64-56-51-46-41-38-35-32-29-26-23-20-17-14-11-8-5-2)65-57-52-47-43-44-48-53-58-66-75(68-60-71(77)78,69-61-72(79)80)76(74,70-62-73(81)82)67-59-54-49-42-39-36-33-30-27-24-21-18-15-12-9-6-3/h4-59,63-67H2,1-3H3,(H,77,78)(H,79,80)(H,81,82). The molecule has 0 saturated heterocycles. The zero-order valence-corrected chi connectivity index (χ0v) is 54.7. The Morgan fingerprint density at radius 2 is 0.476 bits per heavy atom. The molecule has 1 saturated carbocycles. The summed E-state index contributed by atoms with van der Waals surface area (Å²) in [6.07, 6.45) is 72.6. The first-order chi connectivity index (χ1) is 40.1. The maximum Gasteiger partial charge on any atom is 0.381 e. The highest BCUT2D eigenvalue weighted by Crippen LogP contribution is 2.63. The Labute approximate surface area is 509 Å². The molecule has 0 bridgehead atoms. The zero-order valence-electron chi connectivity index (χ0n) is 54.7. The Hall–Kier alpha value is -2.91. The van der Waals surface area contributed by atoms with Crippen LogP contribution in [0.4, 0.5) is 0 Å². The molecular formula is C76H134O6. The van der Waals surface area contributed by atoms with E-state index in [2.05, 4.69) is 56.3 Å². The van der Waals surface area contributed by atoms with Gasteiger partial charge in [-0.15, -0.1) is 0 Å². The van der Waals surface area contributed by atoms with Crippen LogP contribution in [0.3, 0.4) is 0 Å².